The largest absolute Gasteiger partial charge is 0.399 e. The van der Waals surface area contributed by atoms with Gasteiger partial charge in [-0.05, 0) is 37.6 Å². The third-order valence-corrected chi connectivity index (χ3v) is 2.42. The van der Waals surface area contributed by atoms with Crippen LogP contribution in [0.15, 0.2) is 28.8 Å². The van der Waals surface area contributed by atoms with E-state index in [4.69, 9.17) is 10.3 Å². The number of nitrogens with zero attached hydrogens (tertiary/aromatic N) is 2. The summed E-state index contributed by atoms with van der Waals surface area (Å²) in [5, 5.41) is 6.97. The van der Waals surface area contributed by atoms with E-state index in [1.165, 1.54) is 5.56 Å². The van der Waals surface area contributed by atoms with Gasteiger partial charge in [-0.15, -0.1) is 0 Å². The average molecular weight is 232 g/mol. The standard InChI is InChI=1S/C12H16N4O/c1-9-15-12(17-16-9)8-14-7-6-10-2-4-11(13)5-3-10/h2-5,14H,6-8,13H2,1H3. The van der Waals surface area contributed by atoms with E-state index in [2.05, 4.69) is 15.5 Å². The Morgan fingerprint density at radius 2 is 2.06 bits per heavy atom. The second-order valence-electron chi connectivity index (χ2n) is 3.90. The first-order chi connectivity index (χ1) is 8.24. The van der Waals surface area contributed by atoms with Crippen LogP contribution in [-0.2, 0) is 13.0 Å². The lowest BCUT2D eigenvalue weighted by molar-refractivity contribution is 0.365. The van der Waals surface area contributed by atoms with Crippen molar-refractivity contribution in [2.45, 2.75) is 19.9 Å². The van der Waals surface area contributed by atoms with Crippen LogP contribution in [0, 0.1) is 6.92 Å². The molecular formula is C12H16N4O. The molecular weight excluding hydrogens is 216 g/mol. The minimum Gasteiger partial charge on any atom is -0.399 e. The van der Waals surface area contributed by atoms with Crippen molar-refractivity contribution in [2.24, 2.45) is 0 Å². The van der Waals surface area contributed by atoms with Gasteiger partial charge in [0.15, 0.2) is 5.82 Å². The Morgan fingerprint density at radius 3 is 2.71 bits per heavy atom. The van der Waals surface area contributed by atoms with Crippen LogP contribution in [0.5, 0.6) is 0 Å². The average Bonchev–Trinajstić information content (AvgIpc) is 2.73. The Morgan fingerprint density at radius 1 is 1.29 bits per heavy atom. The Hall–Kier alpha value is -1.88. The quantitative estimate of drug-likeness (QED) is 0.600. The zero-order valence-electron chi connectivity index (χ0n) is 9.81. The Kier molecular flexibility index (Phi) is 3.72. The summed E-state index contributed by atoms with van der Waals surface area (Å²) < 4.78 is 4.99. The first kappa shape index (κ1) is 11.6. The van der Waals surface area contributed by atoms with Crippen LogP contribution in [0.3, 0.4) is 0 Å². The molecule has 0 aliphatic heterocycles. The van der Waals surface area contributed by atoms with Gasteiger partial charge in [-0.3, -0.25) is 0 Å². The summed E-state index contributed by atoms with van der Waals surface area (Å²) in [6.45, 7) is 3.28. The molecule has 1 aromatic carbocycles. The normalized spacial score (nSPS) is 10.6. The lowest BCUT2D eigenvalue weighted by Gasteiger charge is -2.02. The predicted octanol–water partition coefficient (Wildman–Crippen LogP) is 1.29. The minimum atomic E-state index is 0.607. The molecule has 0 spiro atoms. The van der Waals surface area contributed by atoms with Gasteiger partial charge in [-0.25, -0.2) is 0 Å². The molecule has 5 heteroatoms. The summed E-state index contributed by atoms with van der Waals surface area (Å²) in [6.07, 6.45) is 0.952. The van der Waals surface area contributed by atoms with Gasteiger partial charge in [-0.1, -0.05) is 17.3 Å². The Labute approximate surface area is 100 Å². The number of anilines is 1. The predicted molar refractivity (Wildman–Crippen MR) is 65.3 cm³/mol. The molecule has 0 saturated carbocycles. The highest BCUT2D eigenvalue weighted by molar-refractivity contribution is 5.39. The topological polar surface area (TPSA) is 77.0 Å². The van der Waals surface area contributed by atoms with Crippen molar-refractivity contribution in [1.82, 2.24) is 15.5 Å². The number of aromatic nitrogens is 2. The molecule has 0 fully saturated rings. The van der Waals surface area contributed by atoms with Crippen molar-refractivity contribution in [3.8, 4) is 0 Å². The SMILES string of the molecule is Cc1noc(CNCCc2ccc(N)cc2)n1. The van der Waals surface area contributed by atoms with Crippen molar-refractivity contribution in [2.75, 3.05) is 12.3 Å². The summed E-state index contributed by atoms with van der Waals surface area (Å²) in [7, 11) is 0. The van der Waals surface area contributed by atoms with E-state index >= 15 is 0 Å². The smallest absolute Gasteiger partial charge is 0.240 e. The fourth-order valence-corrected chi connectivity index (χ4v) is 1.52. The van der Waals surface area contributed by atoms with Gasteiger partial charge >= 0.3 is 0 Å². The molecule has 0 bridgehead atoms. The maximum Gasteiger partial charge on any atom is 0.240 e. The molecule has 2 rings (SSSR count). The molecule has 1 aromatic heterocycles. The van der Waals surface area contributed by atoms with Crippen LogP contribution in [0.25, 0.3) is 0 Å². The van der Waals surface area contributed by atoms with Gasteiger partial charge in [0.2, 0.25) is 5.89 Å². The van der Waals surface area contributed by atoms with Crippen molar-refractivity contribution in [3.63, 3.8) is 0 Å². The first-order valence-electron chi connectivity index (χ1n) is 5.58. The van der Waals surface area contributed by atoms with E-state index in [9.17, 15) is 0 Å². The van der Waals surface area contributed by atoms with Gasteiger partial charge < -0.3 is 15.6 Å². The molecule has 0 amide bonds. The lowest BCUT2D eigenvalue weighted by atomic mass is 10.1. The fourth-order valence-electron chi connectivity index (χ4n) is 1.52. The van der Waals surface area contributed by atoms with Crippen LogP contribution in [-0.4, -0.2) is 16.7 Å². The van der Waals surface area contributed by atoms with Crippen molar-refractivity contribution in [1.29, 1.82) is 0 Å². The van der Waals surface area contributed by atoms with Gasteiger partial charge in [-0.2, -0.15) is 4.98 Å². The zero-order chi connectivity index (χ0) is 12.1. The second kappa shape index (κ2) is 5.45. The third kappa shape index (κ3) is 3.57. The molecule has 0 radical (unpaired) electrons. The molecule has 0 saturated heterocycles. The lowest BCUT2D eigenvalue weighted by Crippen LogP contribution is -2.16. The van der Waals surface area contributed by atoms with Crippen molar-refractivity contribution in [3.05, 3.63) is 41.5 Å². The fraction of sp³-hybridized carbons (Fsp3) is 0.333. The molecule has 17 heavy (non-hydrogen) atoms. The van der Waals surface area contributed by atoms with Crippen LogP contribution >= 0.6 is 0 Å². The van der Waals surface area contributed by atoms with Crippen LogP contribution in [0.2, 0.25) is 0 Å². The van der Waals surface area contributed by atoms with Gasteiger partial charge in [0, 0.05) is 5.69 Å². The third-order valence-electron chi connectivity index (χ3n) is 2.42. The van der Waals surface area contributed by atoms with E-state index in [1.807, 2.05) is 24.3 Å². The molecule has 0 aliphatic carbocycles. The van der Waals surface area contributed by atoms with Gasteiger partial charge in [0.05, 0.1) is 6.54 Å². The molecule has 0 aliphatic rings. The Bertz CT molecular complexity index is 464. The summed E-state index contributed by atoms with van der Waals surface area (Å²) in [5.41, 5.74) is 7.67. The zero-order valence-corrected chi connectivity index (χ0v) is 9.81. The first-order valence-corrected chi connectivity index (χ1v) is 5.58. The van der Waals surface area contributed by atoms with Crippen LogP contribution in [0.1, 0.15) is 17.3 Å². The van der Waals surface area contributed by atoms with Crippen LogP contribution < -0.4 is 11.1 Å². The number of hydrogen-bond donors (Lipinski definition) is 2. The monoisotopic (exact) mass is 232 g/mol. The van der Waals surface area contributed by atoms with E-state index in [0.717, 1.165) is 18.7 Å². The Balaban J connectivity index is 1.71. The summed E-state index contributed by atoms with van der Waals surface area (Å²) in [6, 6.07) is 7.90. The number of nitrogens with one attached hydrogen (secondary N) is 1. The minimum absolute atomic E-state index is 0.607. The van der Waals surface area contributed by atoms with E-state index in [0.29, 0.717) is 18.3 Å². The number of hydrogen-bond acceptors (Lipinski definition) is 5. The summed E-state index contributed by atoms with van der Waals surface area (Å²) in [5.74, 6) is 1.29. The van der Waals surface area contributed by atoms with Crippen molar-refractivity contribution < 1.29 is 4.52 Å². The number of rotatable bonds is 5. The highest BCUT2D eigenvalue weighted by atomic mass is 16.5. The van der Waals surface area contributed by atoms with E-state index in [-0.39, 0.29) is 0 Å². The highest BCUT2D eigenvalue weighted by Gasteiger charge is 2.01. The summed E-state index contributed by atoms with van der Waals surface area (Å²) >= 11 is 0. The molecule has 90 valence electrons. The number of aryl methyl sites for hydroxylation is 1. The molecule has 1 heterocycles. The molecule has 2 aromatic rings. The highest BCUT2D eigenvalue weighted by Crippen LogP contribution is 2.05. The summed E-state index contributed by atoms with van der Waals surface area (Å²) in [4.78, 5) is 4.11. The maximum atomic E-state index is 5.62. The van der Waals surface area contributed by atoms with Crippen molar-refractivity contribution >= 4 is 5.69 Å². The second-order valence-corrected chi connectivity index (χ2v) is 3.90. The number of nitrogen functional groups attached to an aromatic ring is 1. The number of nitrogens with two attached hydrogens (primary N) is 1. The van der Waals surface area contributed by atoms with Crippen LogP contribution in [0.4, 0.5) is 5.69 Å². The molecule has 0 atom stereocenters. The molecule has 5 nitrogen and oxygen atoms in total. The van der Waals surface area contributed by atoms with Gasteiger partial charge in [0.25, 0.3) is 0 Å². The molecule has 3 N–H and O–H groups in total. The number of benzene rings is 1. The maximum absolute atomic E-state index is 5.62. The van der Waals surface area contributed by atoms with E-state index in [1.54, 1.807) is 6.92 Å². The molecule has 0 unspecified atom stereocenters. The van der Waals surface area contributed by atoms with Gasteiger partial charge in [0.1, 0.15) is 0 Å². The van der Waals surface area contributed by atoms with E-state index < -0.39 is 0 Å².